The summed E-state index contributed by atoms with van der Waals surface area (Å²) >= 11 is 0. The highest BCUT2D eigenvalue weighted by molar-refractivity contribution is 5.78. The number of guanidine groups is 1. The Morgan fingerprint density at radius 1 is 1.24 bits per heavy atom. The zero-order valence-electron chi connectivity index (χ0n) is 14.6. The van der Waals surface area contributed by atoms with Crippen LogP contribution in [-0.2, 0) is 0 Å². The Morgan fingerprint density at radius 3 is 2.88 bits per heavy atom. The summed E-state index contributed by atoms with van der Waals surface area (Å²) in [5.74, 6) is 2.28. The van der Waals surface area contributed by atoms with E-state index >= 15 is 0 Å². The summed E-state index contributed by atoms with van der Waals surface area (Å²) in [5.41, 5.74) is 8.39. The fourth-order valence-electron chi connectivity index (χ4n) is 2.80. The molecule has 3 rings (SSSR count). The number of aryl methyl sites for hydroxylation is 1. The van der Waals surface area contributed by atoms with Gasteiger partial charge in [0.1, 0.15) is 11.5 Å². The van der Waals surface area contributed by atoms with Crippen LogP contribution < -0.4 is 20.5 Å². The second kappa shape index (κ2) is 8.42. The molecule has 0 fully saturated rings. The van der Waals surface area contributed by atoms with Gasteiger partial charge in [-0.3, -0.25) is 4.99 Å². The van der Waals surface area contributed by atoms with Crippen molar-refractivity contribution < 1.29 is 9.47 Å². The van der Waals surface area contributed by atoms with Gasteiger partial charge in [-0.15, -0.1) is 0 Å². The Balaban J connectivity index is 1.43. The lowest BCUT2D eigenvalue weighted by Gasteiger charge is -2.26. The van der Waals surface area contributed by atoms with Crippen LogP contribution in [0.2, 0.25) is 0 Å². The second-order valence-corrected chi connectivity index (χ2v) is 6.15. The first kappa shape index (κ1) is 17.1. The molecule has 0 aromatic heterocycles. The van der Waals surface area contributed by atoms with Crippen molar-refractivity contribution in [1.82, 2.24) is 5.32 Å². The van der Waals surface area contributed by atoms with Gasteiger partial charge in [0, 0.05) is 24.9 Å². The number of nitrogens with zero attached hydrogens (tertiary/aromatic N) is 1. The Bertz CT molecular complexity index is 713. The van der Waals surface area contributed by atoms with Crippen molar-refractivity contribution in [2.24, 2.45) is 10.7 Å². The van der Waals surface area contributed by atoms with Crippen LogP contribution in [0, 0.1) is 6.92 Å². The molecule has 1 aliphatic rings. The van der Waals surface area contributed by atoms with Gasteiger partial charge in [-0.05, 0) is 25.1 Å². The molecule has 5 nitrogen and oxygen atoms in total. The predicted octanol–water partition coefficient (Wildman–Crippen LogP) is 3.19. The van der Waals surface area contributed by atoms with Gasteiger partial charge in [-0.1, -0.05) is 35.9 Å². The van der Waals surface area contributed by atoms with E-state index in [4.69, 9.17) is 15.2 Å². The molecule has 0 bridgehead atoms. The first-order chi connectivity index (χ1) is 12.2. The standard InChI is InChI=1S/C20H25N3O2/c1-15-7-9-16(10-8-15)24-13-4-12-22-20(21)23-18-11-14-25-19-6-3-2-5-17(18)19/h2-3,5-10,18H,4,11-14H2,1H3,(H3,21,22,23). The van der Waals surface area contributed by atoms with Crippen LogP contribution in [0.1, 0.15) is 30.0 Å². The third-order valence-electron chi connectivity index (χ3n) is 4.15. The summed E-state index contributed by atoms with van der Waals surface area (Å²) in [6.07, 6.45) is 1.70. The molecule has 0 saturated carbocycles. The summed E-state index contributed by atoms with van der Waals surface area (Å²) in [5, 5.41) is 3.30. The fourth-order valence-corrected chi connectivity index (χ4v) is 2.80. The predicted molar refractivity (Wildman–Crippen MR) is 100 cm³/mol. The molecule has 0 radical (unpaired) electrons. The van der Waals surface area contributed by atoms with Gasteiger partial charge in [-0.2, -0.15) is 0 Å². The quantitative estimate of drug-likeness (QED) is 0.482. The van der Waals surface area contributed by atoms with Gasteiger partial charge >= 0.3 is 0 Å². The molecule has 1 aliphatic heterocycles. The number of hydrogen-bond acceptors (Lipinski definition) is 3. The molecule has 0 amide bonds. The van der Waals surface area contributed by atoms with Gasteiger partial charge in [0.25, 0.3) is 0 Å². The summed E-state index contributed by atoms with van der Waals surface area (Å²) in [4.78, 5) is 4.40. The summed E-state index contributed by atoms with van der Waals surface area (Å²) in [6.45, 7) is 4.01. The van der Waals surface area contributed by atoms with Gasteiger partial charge < -0.3 is 20.5 Å². The van der Waals surface area contributed by atoms with E-state index in [2.05, 4.69) is 23.3 Å². The van der Waals surface area contributed by atoms with Crippen LogP contribution in [0.5, 0.6) is 11.5 Å². The topological polar surface area (TPSA) is 68.9 Å². The summed E-state index contributed by atoms with van der Waals surface area (Å²) in [7, 11) is 0. The molecular formula is C20H25N3O2. The molecule has 1 atom stereocenters. The van der Waals surface area contributed by atoms with E-state index in [1.165, 1.54) is 5.56 Å². The third-order valence-corrected chi connectivity index (χ3v) is 4.15. The highest BCUT2D eigenvalue weighted by atomic mass is 16.5. The van der Waals surface area contributed by atoms with E-state index in [-0.39, 0.29) is 6.04 Å². The number of benzene rings is 2. The number of aliphatic imine (C=N–C) groups is 1. The van der Waals surface area contributed by atoms with Gasteiger partial charge in [-0.25, -0.2) is 0 Å². The van der Waals surface area contributed by atoms with Crippen molar-refractivity contribution >= 4 is 5.96 Å². The normalized spacial score (nSPS) is 16.7. The van der Waals surface area contributed by atoms with Crippen molar-refractivity contribution in [3.8, 4) is 11.5 Å². The number of nitrogens with two attached hydrogens (primary N) is 1. The van der Waals surface area contributed by atoms with Gasteiger partial charge in [0.15, 0.2) is 5.96 Å². The van der Waals surface area contributed by atoms with E-state index < -0.39 is 0 Å². The van der Waals surface area contributed by atoms with Crippen LogP contribution in [-0.4, -0.2) is 25.7 Å². The Labute approximate surface area is 148 Å². The summed E-state index contributed by atoms with van der Waals surface area (Å²) in [6, 6.07) is 16.2. The zero-order valence-corrected chi connectivity index (χ0v) is 14.6. The highest BCUT2D eigenvalue weighted by Gasteiger charge is 2.21. The van der Waals surface area contributed by atoms with Crippen molar-refractivity contribution in [3.63, 3.8) is 0 Å². The molecule has 2 aromatic rings. The fraction of sp³-hybridized carbons (Fsp3) is 0.350. The SMILES string of the molecule is Cc1ccc(OCCCN=C(N)NC2CCOc3ccccc32)cc1. The molecule has 2 aromatic carbocycles. The molecule has 1 heterocycles. The van der Waals surface area contributed by atoms with E-state index in [1.807, 2.05) is 42.5 Å². The number of para-hydroxylation sites is 1. The van der Waals surface area contributed by atoms with Crippen LogP contribution in [0.25, 0.3) is 0 Å². The number of rotatable bonds is 6. The first-order valence-electron chi connectivity index (χ1n) is 8.70. The van der Waals surface area contributed by atoms with Crippen molar-refractivity contribution in [2.45, 2.75) is 25.8 Å². The first-order valence-corrected chi connectivity index (χ1v) is 8.70. The van der Waals surface area contributed by atoms with Gasteiger partial charge in [0.05, 0.1) is 19.3 Å². The molecule has 1 unspecified atom stereocenters. The maximum atomic E-state index is 6.03. The lowest BCUT2D eigenvalue weighted by Crippen LogP contribution is -2.37. The molecule has 0 spiro atoms. The van der Waals surface area contributed by atoms with Crippen molar-refractivity contribution in [3.05, 3.63) is 59.7 Å². The number of fused-ring (bicyclic) bond motifs is 1. The van der Waals surface area contributed by atoms with E-state index in [1.54, 1.807) is 0 Å². The lowest BCUT2D eigenvalue weighted by molar-refractivity contribution is 0.262. The average Bonchev–Trinajstić information content (AvgIpc) is 2.63. The molecule has 0 aliphatic carbocycles. The minimum atomic E-state index is 0.150. The maximum absolute atomic E-state index is 6.03. The number of hydrogen-bond donors (Lipinski definition) is 2. The van der Waals surface area contributed by atoms with E-state index in [9.17, 15) is 0 Å². The van der Waals surface area contributed by atoms with Gasteiger partial charge in [0.2, 0.25) is 0 Å². The van der Waals surface area contributed by atoms with Crippen molar-refractivity contribution in [2.75, 3.05) is 19.8 Å². The van der Waals surface area contributed by atoms with E-state index in [0.717, 1.165) is 29.9 Å². The summed E-state index contributed by atoms with van der Waals surface area (Å²) < 4.78 is 11.4. The third kappa shape index (κ3) is 4.89. The maximum Gasteiger partial charge on any atom is 0.189 e. The highest BCUT2D eigenvalue weighted by Crippen LogP contribution is 2.31. The molecular weight excluding hydrogens is 314 g/mol. The Morgan fingerprint density at radius 2 is 2.04 bits per heavy atom. The second-order valence-electron chi connectivity index (χ2n) is 6.15. The minimum absolute atomic E-state index is 0.150. The smallest absolute Gasteiger partial charge is 0.189 e. The van der Waals surface area contributed by atoms with Crippen LogP contribution in [0.3, 0.4) is 0 Å². The molecule has 0 saturated heterocycles. The average molecular weight is 339 g/mol. The Kier molecular flexibility index (Phi) is 5.77. The monoisotopic (exact) mass is 339 g/mol. The zero-order chi connectivity index (χ0) is 17.5. The Hall–Kier alpha value is -2.69. The van der Waals surface area contributed by atoms with Crippen LogP contribution in [0.4, 0.5) is 0 Å². The molecule has 3 N–H and O–H groups in total. The van der Waals surface area contributed by atoms with Crippen LogP contribution in [0.15, 0.2) is 53.5 Å². The van der Waals surface area contributed by atoms with Crippen molar-refractivity contribution in [1.29, 1.82) is 0 Å². The molecule has 132 valence electrons. The number of nitrogens with one attached hydrogen (secondary N) is 1. The molecule has 5 heteroatoms. The lowest BCUT2D eigenvalue weighted by atomic mass is 10.0. The number of ether oxygens (including phenoxy) is 2. The largest absolute Gasteiger partial charge is 0.494 e. The molecule has 25 heavy (non-hydrogen) atoms. The van der Waals surface area contributed by atoms with E-state index in [0.29, 0.717) is 25.7 Å². The van der Waals surface area contributed by atoms with Crippen LogP contribution >= 0.6 is 0 Å². The minimum Gasteiger partial charge on any atom is -0.494 e.